The quantitative estimate of drug-likeness (QED) is 0.374. The monoisotopic (exact) mass is 303 g/mol. The highest BCUT2D eigenvalue weighted by atomic mass is 32.2. The van der Waals surface area contributed by atoms with Crippen LogP contribution >= 0.6 is 11.8 Å². The molecule has 108 valence electrons. The Kier molecular flexibility index (Phi) is 4.81. The SMILES string of the molecule is COc1cc(C#N)ccc1Oc1cc(NN)nc(SC)n1. The molecule has 0 aliphatic rings. The standard InChI is InChI=1S/C13H13N5O2S/c1-19-10-5-8(7-14)3-4-9(10)20-12-6-11(18-15)16-13(17-12)21-2/h3-6H,15H2,1-2H3,(H,16,17,18). The Morgan fingerprint density at radius 1 is 1.29 bits per heavy atom. The number of hydrogen-bond acceptors (Lipinski definition) is 8. The van der Waals surface area contributed by atoms with Crippen LogP contribution < -0.4 is 20.7 Å². The number of ether oxygens (including phenoxy) is 2. The van der Waals surface area contributed by atoms with E-state index in [9.17, 15) is 0 Å². The predicted molar refractivity (Wildman–Crippen MR) is 79.4 cm³/mol. The van der Waals surface area contributed by atoms with Gasteiger partial charge >= 0.3 is 0 Å². The van der Waals surface area contributed by atoms with Crippen molar-refractivity contribution < 1.29 is 9.47 Å². The van der Waals surface area contributed by atoms with Crippen molar-refractivity contribution in [2.45, 2.75) is 5.16 Å². The number of hydrazine groups is 1. The minimum absolute atomic E-state index is 0.324. The third-order valence-corrected chi connectivity index (χ3v) is 3.07. The van der Waals surface area contributed by atoms with Crippen LogP contribution in [0.25, 0.3) is 0 Å². The van der Waals surface area contributed by atoms with Crippen LogP contribution in [0.15, 0.2) is 29.4 Å². The maximum Gasteiger partial charge on any atom is 0.225 e. The molecule has 1 aromatic carbocycles. The van der Waals surface area contributed by atoms with Crippen LogP contribution in [0.2, 0.25) is 0 Å². The molecule has 8 heteroatoms. The molecular weight excluding hydrogens is 290 g/mol. The van der Waals surface area contributed by atoms with Crippen molar-refractivity contribution in [1.29, 1.82) is 5.26 Å². The zero-order valence-corrected chi connectivity index (χ0v) is 12.3. The summed E-state index contributed by atoms with van der Waals surface area (Å²) in [7, 11) is 1.50. The molecule has 2 rings (SSSR count). The van der Waals surface area contributed by atoms with E-state index in [1.165, 1.54) is 18.9 Å². The number of hydrogen-bond donors (Lipinski definition) is 2. The number of nitrogens with two attached hydrogens (primary N) is 1. The van der Waals surface area contributed by atoms with Gasteiger partial charge in [-0.25, -0.2) is 10.8 Å². The highest BCUT2D eigenvalue weighted by Crippen LogP contribution is 2.32. The molecule has 0 saturated carbocycles. The Labute approximate surface area is 126 Å². The number of nitrogen functional groups attached to an aromatic ring is 1. The Balaban J connectivity index is 2.35. The fourth-order valence-electron chi connectivity index (χ4n) is 1.56. The molecule has 0 aliphatic heterocycles. The van der Waals surface area contributed by atoms with Gasteiger partial charge in [-0.3, -0.25) is 0 Å². The van der Waals surface area contributed by atoms with Gasteiger partial charge in [0.15, 0.2) is 16.7 Å². The maximum atomic E-state index is 8.88. The van der Waals surface area contributed by atoms with E-state index >= 15 is 0 Å². The van der Waals surface area contributed by atoms with Crippen LogP contribution in [0.4, 0.5) is 5.82 Å². The summed E-state index contributed by atoms with van der Waals surface area (Å²) in [6.45, 7) is 0. The highest BCUT2D eigenvalue weighted by molar-refractivity contribution is 7.98. The van der Waals surface area contributed by atoms with Gasteiger partial charge in [0.1, 0.15) is 5.82 Å². The number of thioether (sulfide) groups is 1. The summed E-state index contributed by atoms with van der Waals surface area (Å²) in [5, 5.41) is 9.40. The van der Waals surface area contributed by atoms with Crippen LogP contribution in [-0.4, -0.2) is 23.3 Å². The summed E-state index contributed by atoms with van der Waals surface area (Å²) in [5.74, 6) is 7.02. The lowest BCUT2D eigenvalue weighted by Gasteiger charge is -2.11. The van der Waals surface area contributed by atoms with E-state index in [2.05, 4.69) is 15.4 Å². The second-order valence-corrected chi connectivity index (χ2v) is 4.58. The molecule has 0 saturated heterocycles. The molecule has 1 aromatic heterocycles. The average Bonchev–Trinajstić information content (AvgIpc) is 2.54. The molecule has 0 spiro atoms. The zero-order valence-electron chi connectivity index (χ0n) is 11.5. The minimum atomic E-state index is 0.324. The van der Waals surface area contributed by atoms with Crippen molar-refractivity contribution in [2.24, 2.45) is 5.84 Å². The summed E-state index contributed by atoms with van der Waals surface area (Å²) >= 11 is 1.37. The van der Waals surface area contributed by atoms with Gasteiger partial charge in [0.25, 0.3) is 0 Å². The summed E-state index contributed by atoms with van der Waals surface area (Å²) in [5.41, 5.74) is 2.94. The minimum Gasteiger partial charge on any atom is -0.493 e. The smallest absolute Gasteiger partial charge is 0.225 e. The summed E-state index contributed by atoms with van der Waals surface area (Å²) < 4.78 is 10.9. The fraction of sp³-hybridized carbons (Fsp3) is 0.154. The molecule has 1 heterocycles. The molecule has 0 bridgehead atoms. The van der Waals surface area contributed by atoms with E-state index in [1.807, 2.05) is 12.3 Å². The third kappa shape index (κ3) is 3.53. The van der Waals surface area contributed by atoms with Gasteiger partial charge in [0.05, 0.1) is 18.7 Å². The van der Waals surface area contributed by atoms with Gasteiger partial charge in [0.2, 0.25) is 5.88 Å². The van der Waals surface area contributed by atoms with E-state index < -0.39 is 0 Å². The van der Waals surface area contributed by atoms with Gasteiger partial charge < -0.3 is 14.9 Å². The summed E-state index contributed by atoms with van der Waals surface area (Å²) in [6, 6.07) is 8.48. The first-order chi connectivity index (χ1) is 10.2. The van der Waals surface area contributed by atoms with E-state index in [0.717, 1.165) is 0 Å². The zero-order chi connectivity index (χ0) is 15.2. The van der Waals surface area contributed by atoms with Crippen LogP contribution in [0.5, 0.6) is 17.4 Å². The Hall–Kier alpha value is -2.50. The molecule has 0 atom stereocenters. The second-order valence-electron chi connectivity index (χ2n) is 3.80. The molecule has 21 heavy (non-hydrogen) atoms. The normalized spacial score (nSPS) is 9.81. The lowest BCUT2D eigenvalue weighted by Crippen LogP contribution is -2.09. The van der Waals surface area contributed by atoms with Gasteiger partial charge in [-0.2, -0.15) is 10.2 Å². The van der Waals surface area contributed by atoms with E-state index in [0.29, 0.717) is 33.9 Å². The number of anilines is 1. The Bertz CT molecular complexity index is 664. The van der Waals surface area contributed by atoms with Crippen molar-refractivity contribution in [2.75, 3.05) is 18.8 Å². The number of methoxy groups -OCH3 is 1. The largest absolute Gasteiger partial charge is 0.493 e. The van der Waals surface area contributed by atoms with E-state index in [1.54, 1.807) is 24.3 Å². The van der Waals surface area contributed by atoms with Gasteiger partial charge in [-0.05, 0) is 18.4 Å². The molecule has 0 radical (unpaired) electrons. The molecule has 0 amide bonds. The second kappa shape index (κ2) is 6.78. The van der Waals surface area contributed by atoms with Crippen LogP contribution in [0, 0.1) is 11.3 Å². The van der Waals surface area contributed by atoms with E-state index in [4.69, 9.17) is 20.6 Å². The third-order valence-electron chi connectivity index (χ3n) is 2.52. The van der Waals surface area contributed by atoms with Crippen LogP contribution in [-0.2, 0) is 0 Å². The van der Waals surface area contributed by atoms with Gasteiger partial charge in [-0.15, -0.1) is 0 Å². The summed E-state index contributed by atoms with van der Waals surface area (Å²) in [6.07, 6.45) is 1.85. The molecule has 0 aliphatic carbocycles. The number of nitrogens with one attached hydrogen (secondary N) is 1. The first-order valence-corrected chi connectivity index (χ1v) is 7.08. The number of aromatic nitrogens is 2. The molecule has 3 N–H and O–H groups in total. The number of benzene rings is 1. The first-order valence-electron chi connectivity index (χ1n) is 5.86. The molecular formula is C13H13N5O2S. The Morgan fingerprint density at radius 3 is 2.71 bits per heavy atom. The van der Waals surface area contributed by atoms with E-state index in [-0.39, 0.29) is 0 Å². The lowest BCUT2D eigenvalue weighted by molar-refractivity contribution is 0.372. The van der Waals surface area contributed by atoms with Crippen molar-refractivity contribution in [3.05, 3.63) is 29.8 Å². The van der Waals surface area contributed by atoms with Crippen molar-refractivity contribution >= 4 is 17.6 Å². The molecule has 0 unspecified atom stereocenters. The molecule has 0 fully saturated rings. The van der Waals surface area contributed by atoms with Crippen LogP contribution in [0.3, 0.4) is 0 Å². The fourth-order valence-corrected chi connectivity index (χ4v) is 1.93. The van der Waals surface area contributed by atoms with Gasteiger partial charge in [-0.1, -0.05) is 11.8 Å². The number of nitrogens with zero attached hydrogens (tertiary/aromatic N) is 3. The van der Waals surface area contributed by atoms with Gasteiger partial charge in [0, 0.05) is 12.1 Å². The van der Waals surface area contributed by atoms with Crippen molar-refractivity contribution in [3.8, 4) is 23.4 Å². The van der Waals surface area contributed by atoms with Crippen LogP contribution in [0.1, 0.15) is 5.56 Å². The summed E-state index contributed by atoms with van der Waals surface area (Å²) in [4.78, 5) is 8.37. The topological polar surface area (TPSA) is 106 Å². The number of nitriles is 1. The lowest BCUT2D eigenvalue weighted by atomic mass is 10.2. The van der Waals surface area contributed by atoms with Crippen molar-refractivity contribution in [3.63, 3.8) is 0 Å². The molecule has 7 nitrogen and oxygen atoms in total. The number of rotatable bonds is 5. The molecule has 2 aromatic rings. The maximum absolute atomic E-state index is 8.88. The predicted octanol–water partition coefficient (Wildman–Crippen LogP) is 2.16. The highest BCUT2D eigenvalue weighted by Gasteiger charge is 2.10. The first kappa shape index (κ1) is 14.9. The average molecular weight is 303 g/mol. The van der Waals surface area contributed by atoms with Crippen molar-refractivity contribution in [1.82, 2.24) is 9.97 Å². The Morgan fingerprint density at radius 2 is 2.10 bits per heavy atom.